The minimum Gasteiger partial charge on any atom is -0.480 e. The van der Waals surface area contributed by atoms with Crippen molar-refractivity contribution in [3.05, 3.63) is 29.8 Å². The fourth-order valence-electron chi connectivity index (χ4n) is 2.22. The smallest absolute Gasteiger partial charge is 0.304 e. The zero-order chi connectivity index (χ0) is 16.7. The van der Waals surface area contributed by atoms with Crippen molar-refractivity contribution in [3.8, 4) is 17.6 Å². The van der Waals surface area contributed by atoms with Gasteiger partial charge < -0.3 is 18.9 Å². The van der Waals surface area contributed by atoms with Crippen molar-refractivity contribution in [2.24, 2.45) is 0 Å². The summed E-state index contributed by atoms with van der Waals surface area (Å²) in [7, 11) is 0. The highest BCUT2D eigenvalue weighted by atomic mass is 16.7. The van der Waals surface area contributed by atoms with E-state index in [1.54, 1.807) is 13.8 Å². The molecular formula is C18H22O5. The second-order valence-corrected chi connectivity index (χ2v) is 5.66. The van der Waals surface area contributed by atoms with E-state index in [9.17, 15) is 4.79 Å². The van der Waals surface area contributed by atoms with Crippen LogP contribution in [0.15, 0.2) is 24.3 Å². The number of carbonyl (C=O) groups excluding carboxylic acids is 1. The van der Waals surface area contributed by atoms with E-state index >= 15 is 0 Å². The minimum absolute atomic E-state index is 0.189. The summed E-state index contributed by atoms with van der Waals surface area (Å²) in [4.78, 5) is 11.0. The lowest BCUT2D eigenvalue weighted by atomic mass is 10.1. The van der Waals surface area contributed by atoms with Crippen molar-refractivity contribution in [2.45, 2.75) is 39.1 Å². The Labute approximate surface area is 136 Å². The predicted octanol–water partition coefficient (Wildman–Crippen LogP) is 2.85. The van der Waals surface area contributed by atoms with Crippen molar-refractivity contribution < 1.29 is 23.7 Å². The molecule has 0 bridgehead atoms. The van der Waals surface area contributed by atoms with Crippen LogP contribution in [0.2, 0.25) is 0 Å². The van der Waals surface area contributed by atoms with Crippen LogP contribution < -0.4 is 4.74 Å². The number of benzene rings is 1. The van der Waals surface area contributed by atoms with Crippen LogP contribution in [0.3, 0.4) is 0 Å². The summed E-state index contributed by atoms with van der Waals surface area (Å²) in [6, 6.07) is 7.58. The molecule has 5 nitrogen and oxygen atoms in total. The topological polar surface area (TPSA) is 54.0 Å². The molecule has 0 aliphatic carbocycles. The Kier molecular flexibility index (Phi) is 6.03. The van der Waals surface area contributed by atoms with Crippen LogP contribution in [0, 0.1) is 11.8 Å². The Bertz CT molecular complexity index is 591. The maximum atomic E-state index is 11.0. The molecule has 124 valence electrons. The van der Waals surface area contributed by atoms with Gasteiger partial charge in [-0.1, -0.05) is 30.0 Å². The van der Waals surface area contributed by atoms with E-state index in [2.05, 4.69) is 11.8 Å². The van der Waals surface area contributed by atoms with Crippen LogP contribution in [0.25, 0.3) is 0 Å². The molecular weight excluding hydrogens is 296 g/mol. The van der Waals surface area contributed by atoms with Gasteiger partial charge in [-0.15, -0.1) is 0 Å². The summed E-state index contributed by atoms with van der Waals surface area (Å²) < 4.78 is 22.0. The Hall–Kier alpha value is -2.03. The largest absolute Gasteiger partial charge is 0.480 e. The second-order valence-electron chi connectivity index (χ2n) is 5.66. The van der Waals surface area contributed by atoms with Crippen LogP contribution in [0.5, 0.6) is 5.75 Å². The fourth-order valence-corrected chi connectivity index (χ4v) is 2.22. The monoisotopic (exact) mass is 318 g/mol. The van der Waals surface area contributed by atoms with Crippen LogP contribution >= 0.6 is 0 Å². The zero-order valence-corrected chi connectivity index (χ0v) is 13.8. The van der Waals surface area contributed by atoms with Crippen LogP contribution in [0.1, 0.15) is 39.0 Å². The molecule has 1 aliphatic heterocycles. The average Bonchev–Trinajstić information content (AvgIpc) is 2.51. The normalized spacial score (nSPS) is 15.4. The van der Waals surface area contributed by atoms with Gasteiger partial charge in [0.2, 0.25) is 0 Å². The average molecular weight is 318 g/mol. The first-order valence-electron chi connectivity index (χ1n) is 7.62. The highest BCUT2D eigenvalue weighted by molar-refractivity contribution is 5.67. The fraction of sp³-hybridized carbons (Fsp3) is 0.500. The summed E-state index contributed by atoms with van der Waals surface area (Å²) in [6.07, 6.45) is 0.501. The van der Waals surface area contributed by atoms with Gasteiger partial charge in [0.05, 0.1) is 13.2 Å². The molecule has 1 aromatic carbocycles. The van der Waals surface area contributed by atoms with E-state index in [4.69, 9.17) is 18.9 Å². The van der Waals surface area contributed by atoms with E-state index in [1.807, 2.05) is 24.3 Å². The van der Waals surface area contributed by atoms with E-state index in [1.165, 1.54) is 6.92 Å². The van der Waals surface area contributed by atoms with Crippen LogP contribution in [-0.4, -0.2) is 31.4 Å². The number of carbonyl (C=O) groups is 1. The predicted molar refractivity (Wildman–Crippen MR) is 84.8 cm³/mol. The standard InChI is InChI=1S/C18H22O5/c1-14(19)23-18(2,3)10-6-11-20-16-9-5-4-8-15(16)17-21-12-7-13-22-17/h4-5,8-9,17H,7,11-13H2,1-3H3. The Morgan fingerprint density at radius 2 is 2.00 bits per heavy atom. The van der Waals surface area contributed by atoms with Gasteiger partial charge in [0.1, 0.15) is 12.4 Å². The molecule has 0 aromatic heterocycles. The maximum absolute atomic E-state index is 11.0. The third-order valence-electron chi connectivity index (χ3n) is 3.09. The lowest BCUT2D eigenvalue weighted by Gasteiger charge is -2.24. The maximum Gasteiger partial charge on any atom is 0.304 e. The van der Waals surface area contributed by atoms with E-state index in [0.29, 0.717) is 19.0 Å². The van der Waals surface area contributed by atoms with Gasteiger partial charge in [-0.3, -0.25) is 4.79 Å². The minimum atomic E-state index is -0.829. The second kappa shape index (κ2) is 8.00. The molecule has 23 heavy (non-hydrogen) atoms. The molecule has 5 heteroatoms. The summed E-state index contributed by atoms with van der Waals surface area (Å²) in [5.74, 6) is 6.08. The van der Waals surface area contributed by atoms with Crippen molar-refractivity contribution in [1.29, 1.82) is 0 Å². The third-order valence-corrected chi connectivity index (χ3v) is 3.09. The number of rotatable bonds is 4. The van der Waals surface area contributed by atoms with Gasteiger partial charge in [0.15, 0.2) is 11.9 Å². The van der Waals surface area contributed by atoms with Gasteiger partial charge in [0.25, 0.3) is 0 Å². The highest BCUT2D eigenvalue weighted by Gasteiger charge is 2.20. The molecule has 1 heterocycles. The molecule has 1 fully saturated rings. The Morgan fingerprint density at radius 1 is 1.30 bits per heavy atom. The first kappa shape index (κ1) is 17.3. The number of hydrogen-bond acceptors (Lipinski definition) is 5. The van der Waals surface area contributed by atoms with E-state index in [0.717, 1.165) is 12.0 Å². The SMILES string of the molecule is CC(=O)OC(C)(C)C#CCOc1ccccc1C1OCCCO1. The molecule has 1 aromatic rings. The summed E-state index contributed by atoms with van der Waals surface area (Å²) >= 11 is 0. The first-order valence-corrected chi connectivity index (χ1v) is 7.62. The molecule has 0 atom stereocenters. The number of para-hydroxylation sites is 1. The highest BCUT2D eigenvalue weighted by Crippen LogP contribution is 2.30. The molecule has 0 saturated carbocycles. The van der Waals surface area contributed by atoms with Gasteiger partial charge in [-0.25, -0.2) is 0 Å². The lowest BCUT2D eigenvalue weighted by Crippen LogP contribution is -2.24. The quantitative estimate of drug-likeness (QED) is 0.631. The molecule has 1 aliphatic rings. The zero-order valence-electron chi connectivity index (χ0n) is 13.8. The summed E-state index contributed by atoms with van der Waals surface area (Å²) in [5.41, 5.74) is 0.0258. The van der Waals surface area contributed by atoms with E-state index < -0.39 is 11.9 Å². The van der Waals surface area contributed by atoms with Crippen molar-refractivity contribution in [1.82, 2.24) is 0 Å². The van der Waals surface area contributed by atoms with Crippen molar-refractivity contribution in [3.63, 3.8) is 0 Å². The molecule has 2 rings (SSSR count). The molecule has 0 unspecified atom stereocenters. The molecule has 1 saturated heterocycles. The third kappa shape index (κ3) is 5.59. The molecule has 0 spiro atoms. The van der Waals surface area contributed by atoms with Crippen LogP contribution in [-0.2, 0) is 19.0 Å². The lowest BCUT2D eigenvalue weighted by molar-refractivity contribution is -0.183. The first-order chi connectivity index (χ1) is 11.0. The molecule has 0 radical (unpaired) electrons. The Balaban J connectivity index is 1.97. The number of ether oxygens (including phenoxy) is 4. The van der Waals surface area contributed by atoms with E-state index in [-0.39, 0.29) is 12.6 Å². The van der Waals surface area contributed by atoms with Gasteiger partial charge in [0, 0.05) is 12.5 Å². The number of esters is 1. The van der Waals surface area contributed by atoms with Gasteiger partial charge in [-0.2, -0.15) is 0 Å². The van der Waals surface area contributed by atoms with Gasteiger partial charge >= 0.3 is 5.97 Å². The summed E-state index contributed by atoms with van der Waals surface area (Å²) in [5, 5.41) is 0. The Morgan fingerprint density at radius 3 is 2.70 bits per heavy atom. The molecule has 0 amide bonds. The van der Waals surface area contributed by atoms with Gasteiger partial charge in [-0.05, 0) is 26.3 Å². The molecule has 0 N–H and O–H groups in total. The van der Waals surface area contributed by atoms with Crippen molar-refractivity contribution in [2.75, 3.05) is 19.8 Å². The summed E-state index contributed by atoms with van der Waals surface area (Å²) in [6.45, 7) is 6.37. The van der Waals surface area contributed by atoms with Crippen LogP contribution in [0.4, 0.5) is 0 Å². The number of hydrogen-bond donors (Lipinski definition) is 0. The van der Waals surface area contributed by atoms with Crippen molar-refractivity contribution >= 4 is 5.97 Å².